The summed E-state index contributed by atoms with van der Waals surface area (Å²) in [6.45, 7) is 0. The molecule has 0 radical (unpaired) electrons. The van der Waals surface area contributed by atoms with Gasteiger partial charge in [0.2, 0.25) is 0 Å². The number of halogens is 1. The zero-order chi connectivity index (χ0) is 12.3. The Hall–Kier alpha value is -1.63. The average Bonchev–Trinajstić information content (AvgIpc) is 2.29. The Morgan fingerprint density at radius 2 is 2.12 bits per heavy atom. The van der Waals surface area contributed by atoms with E-state index in [1.54, 1.807) is 12.1 Å². The molecule has 1 aromatic heterocycles. The largest absolute Gasteiger partial charge is 0.384 e. The molecule has 86 valence electrons. The number of rotatable bonds is 2. The van der Waals surface area contributed by atoms with Crippen LogP contribution in [0.25, 0.3) is 0 Å². The van der Waals surface area contributed by atoms with Crippen LogP contribution in [0.15, 0.2) is 42.6 Å². The number of hydrogen-bond acceptors (Lipinski definition) is 3. The van der Waals surface area contributed by atoms with E-state index < -0.39 is 0 Å². The zero-order valence-corrected chi connectivity index (χ0v) is 11.0. The van der Waals surface area contributed by atoms with Crippen molar-refractivity contribution in [2.24, 2.45) is 0 Å². The predicted octanol–water partition coefficient (Wildman–Crippen LogP) is 2.52. The maximum Gasteiger partial charge on any atom is 0.257 e. The Morgan fingerprint density at radius 1 is 1.29 bits per heavy atom. The Bertz CT molecular complexity index is 540. The van der Waals surface area contributed by atoms with E-state index in [2.05, 4.69) is 32.9 Å². The maximum atomic E-state index is 11.8. The van der Waals surface area contributed by atoms with Gasteiger partial charge >= 0.3 is 0 Å². The first-order valence-corrected chi connectivity index (χ1v) is 6.01. The molecule has 0 fully saturated rings. The van der Waals surface area contributed by atoms with E-state index in [4.69, 9.17) is 5.73 Å². The van der Waals surface area contributed by atoms with Crippen LogP contribution in [0.2, 0.25) is 0 Å². The minimum Gasteiger partial charge on any atom is -0.384 e. The number of carbonyl (C=O) groups is 1. The maximum absolute atomic E-state index is 11.8. The summed E-state index contributed by atoms with van der Waals surface area (Å²) in [4.78, 5) is 15.7. The molecule has 0 bridgehead atoms. The molecule has 0 atom stereocenters. The van der Waals surface area contributed by atoms with Gasteiger partial charge in [-0.3, -0.25) is 4.79 Å². The van der Waals surface area contributed by atoms with Crippen molar-refractivity contribution in [3.8, 4) is 0 Å². The van der Waals surface area contributed by atoms with Crippen molar-refractivity contribution in [2.75, 3.05) is 11.1 Å². The lowest BCUT2D eigenvalue weighted by Gasteiger charge is -2.05. The van der Waals surface area contributed by atoms with E-state index in [0.717, 1.165) is 9.26 Å². The lowest BCUT2D eigenvalue weighted by molar-refractivity contribution is 0.102. The molecule has 5 heteroatoms. The van der Waals surface area contributed by atoms with Crippen molar-refractivity contribution >= 4 is 40.0 Å². The third kappa shape index (κ3) is 3.16. The molecule has 0 saturated heterocycles. The molecule has 1 aromatic carbocycles. The van der Waals surface area contributed by atoms with Gasteiger partial charge in [-0.1, -0.05) is 6.07 Å². The molecular weight excluding hydrogens is 329 g/mol. The summed E-state index contributed by atoms with van der Waals surface area (Å²) in [7, 11) is 0. The predicted molar refractivity (Wildman–Crippen MR) is 75.8 cm³/mol. The molecule has 0 aliphatic carbocycles. The van der Waals surface area contributed by atoms with Crippen molar-refractivity contribution < 1.29 is 4.79 Å². The van der Waals surface area contributed by atoms with E-state index in [0.29, 0.717) is 11.4 Å². The molecule has 1 amide bonds. The number of nitrogens with zero attached hydrogens (tertiary/aromatic N) is 1. The van der Waals surface area contributed by atoms with Crippen LogP contribution < -0.4 is 11.1 Å². The molecular formula is C12H10IN3O. The van der Waals surface area contributed by atoms with Gasteiger partial charge in [-0.2, -0.15) is 0 Å². The van der Waals surface area contributed by atoms with Crippen LogP contribution in [0.4, 0.5) is 11.5 Å². The van der Waals surface area contributed by atoms with Crippen molar-refractivity contribution in [1.29, 1.82) is 0 Å². The van der Waals surface area contributed by atoms with Crippen molar-refractivity contribution in [3.63, 3.8) is 0 Å². The fourth-order valence-corrected chi connectivity index (χ4v) is 1.85. The highest BCUT2D eigenvalue weighted by Crippen LogP contribution is 2.13. The van der Waals surface area contributed by atoms with Gasteiger partial charge in [0.25, 0.3) is 5.91 Å². The van der Waals surface area contributed by atoms with Crippen LogP contribution in [0.1, 0.15) is 10.4 Å². The zero-order valence-electron chi connectivity index (χ0n) is 8.85. The van der Waals surface area contributed by atoms with E-state index >= 15 is 0 Å². The van der Waals surface area contributed by atoms with Gasteiger partial charge in [0.1, 0.15) is 5.82 Å². The molecule has 0 spiro atoms. The second-order valence-electron chi connectivity index (χ2n) is 3.44. The van der Waals surface area contributed by atoms with Gasteiger partial charge in [-0.05, 0) is 52.9 Å². The summed E-state index contributed by atoms with van der Waals surface area (Å²) >= 11 is 2.19. The summed E-state index contributed by atoms with van der Waals surface area (Å²) in [5, 5.41) is 2.79. The Balaban J connectivity index is 2.14. The smallest absolute Gasteiger partial charge is 0.257 e. The first-order chi connectivity index (χ1) is 8.15. The topological polar surface area (TPSA) is 68.0 Å². The molecule has 17 heavy (non-hydrogen) atoms. The van der Waals surface area contributed by atoms with Gasteiger partial charge in [0.15, 0.2) is 0 Å². The standard InChI is InChI=1S/C12H10IN3O/c13-9-2-1-3-10(6-9)16-12(17)8-4-5-11(14)15-7-8/h1-7H,(H2,14,15)(H,16,17). The second-order valence-corrected chi connectivity index (χ2v) is 4.68. The number of anilines is 2. The minimum absolute atomic E-state index is 0.195. The molecule has 2 rings (SSSR count). The van der Waals surface area contributed by atoms with Crippen molar-refractivity contribution in [3.05, 3.63) is 51.7 Å². The summed E-state index contributed by atoms with van der Waals surface area (Å²) in [6, 6.07) is 10.8. The van der Waals surface area contributed by atoms with Crippen molar-refractivity contribution in [2.45, 2.75) is 0 Å². The molecule has 1 heterocycles. The fraction of sp³-hybridized carbons (Fsp3) is 0. The number of nitrogens with one attached hydrogen (secondary N) is 1. The Morgan fingerprint density at radius 3 is 2.76 bits per heavy atom. The number of carbonyl (C=O) groups excluding carboxylic acids is 1. The van der Waals surface area contributed by atoms with Crippen LogP contribution in [-0.4, -0.2) is 10.9 Å². The lowest BCUT2D eigenvalue weighted by Crippen LogP contribution is -2.12. The van der Waals surface area contributed by atoms with Crippen LogP contribution in [-0.2, 0) is 0 Å². The van der Waals surface area contributed by atoms with Gasteiger partial charge in [-0.25, -0.2) is 4.98 Å². The number of aromatic nitrogens is 1. The highest BCUT2D eigenvalue weighted by atomic mass is 127. The second kappa shape index (κ2) is 5.13. The summed E-state index contributed by atoms with van der Waals surface area (Å²) in [6.07, 6.45) is 1.46. The molecule has 0 aliphatic heterocycles. The van der Waals surface area contributed by atoms with E-state index in [1.807, 2.05) is 24.3 Å². The number of hydrogen-bond donors (Lipinski definition) is 2. The summed E-state index contributed by atoms with van der Waals surface area (Å²) < 4.78 is 1.07. The highest BCUT2D eigenvalue weighted by Gasteiger charge is 2.06. The quantitative estimate of drug-likeness (QED) is 0.827. The Labute approximate surface area is 112 Å². The van der Waals surface area contributed by atoms with E-state index in [-0.39, 0.29) is 5.91 Å². The number of nitrogen functional groups attached to an aromatic ring is 1. The normalized spacial score (nSPS) is 9.94. The first-order valence-electron chi connectivity index (χ1n) is 4.93. The monoisotopic (exact) mass is 339 g/mol. The fourth-order valence-electron chi connectivity index (χ4n) is 1.31. The number of nitrogens with two attached hydrogens (primary N) is 1. The molecule has 3 N–H and O–H groups in total. The van der Waals surface area contributed by atoms with Crippen LogP contribution in [0, 0.1) is 3.57 Å². The molecule has 0 aliphatic rings. The van der Waals surface area contributed by atoms with Gasteiger partial charge in [0, 0.05) is 15.5 Å². The minimum atomic E-state index is -0.195. The number of amides is 1. The van der Waals surface area contributed by atoms with Gasteiger partial charge in [-0.15, -0.1) is 0 Å². The number of benzene rings is 1. The third-order valence-electron chi connectivity index (χ3n) is 2.13. The number of pyridine rings is 1. The molecule has 2 aromatic rings. The Kier molecular flexibility index (Phi) is 3.58. The molecule has 0 unspecified atom stereocenters. The first kappa shape index (κ1) is 11.8. The highest BCUT2D eigenvalue weighted by molar-refractivity contribution is 14.1. The molecule has 4 nitrogen and oxygen atoms in total. The lowest BCUT2D eigenvalue weighted by atomic mass is 10.2. The molecule has 0 saturated carbocycles. The SMILES string of the molecule is Nc1ccc(C(=O)Nc2cccc(I)c2)cn1. The van der Waals surface area contributed by atoms with Crippen LogP contribution >= 0.6 is 22.6 Å². The van der Waals surface area contributed by atoms with Crippen molar-refractivity contribution in [1.82, 2.24) is 4.98 Å². The van der Waals surface area contributed by atoms with Crippen LogP contribution in [0.5, 0.6) is 0 Å². The summed E-state index contributed by atoms with van der Waals surface area (Å²) in [5.74, 6) is 0.204. The summed E-state index contributed by atoms with van der Waals surface area (Å²) in [5.41, 5.74) is 6.70. The van der Waals surface area contributed by atoms with Gasteiger partial charge < -0.3 is 11.1 Å². The average molecular weight is 339 g/mol. The van der Waals surface area contributed by atoms with E-state index in [9.17, 15) is 4.79 Å². The van der Waals surface area contributed by atoms with Crippen LogP contribution in [0.3, 0.4) is 0 Å². The third-order valence-corrected chi connectivity index (χ3v) is 2.80. The van der Waals surface area contributed by atoms with Gasteiger partial charge in [0.05, 0.1) is 5.56 Å². The van der Waals surface area contributed by atoms with E-state index in [1.165, 1.54) is 6.20 Å².